The second-order valence-electron chi connectivity index (χ2n) is 6.78. The Balaban J connectivity index is 2.03. The number of alkyl halides is 3. The Hall–Kier alpha value is -1.85. The quantitative estimate of drug-likeness (QED) is 0.451. The summed E-state index contributed by atoms with van der Waals surface area (Å²) in [5.74, 6) is 1.82. The summed E-state index contributed by atoms with van der Waals surface area (Å²) in [5, 5.41) is 9.12. The van der Waals surface area contributed by atoms with Crippen LogP contribution in [0.25, 0.3) is 0 Å². The number of hydrogen-bond acceptors (Lipinski definition) is 3. The average molecular weight is 399 g/mol. The monoisotopic (exact) mass is 398 g/mol. The van der Waals surface area contributed by atoms with Crippen molar-refractivity contribution in [1.29, 1.82) is 0 Å². The molecule has 1 unspecified atom stereocenters. The van der Waals surface area contributed by atoms with Gasteiger partial charge in [0.1, 0.15) is 24.2 Å². The highest BCUT2D eigenvalue weighted by molar-refractivity contribution is 6.17. The van der Waals surface area contributed by atoms with Crippen molar-refractivity contribution in [3.8, 4) is 11.5 Å². The van der Waals surface area contributed by atoms with E-state index in [1.807, 2.05) is 36.4 Å². The lowest BCUT2D eigenvalue weighted by Gasteiger charge is -2.26. The molecule has 0 saturated carbocycles. The number of ether oxygens (including phenoxy) is 2. The van der Waals surface area contributed by atoms with E-state index in [0.29, 0.717) is 18.2 Å². The number of rotatable bonds is 10. The average Bonchev–Trinajstić information content (AvgIpc) is 2.67. The summed E-state index contributed by atoms with van der Waals surface area (Å²) >= 11 is 5.65. The molecular formula is C21H25ClF2O3. The first-order chi connectivity index (χ1) is 12.8. The smallest absolute Gasteiger partial charge is 0.267 e. The van der Waals surface area contributed by atoms with Gasteiger partial charge in [-0.25, -0.2) is 8.78 Å². The predicted molar refractivity (Wildman–Crippen MR) is 103 cm³/mol. The fraction of sp³-hybridized carbons (Fsp3) is 0.429. The van der Waals surface area contributed by atoms with Crippen molar-refractivity contribution in [2.75, 3.05) is 19.1 Å². The highest BCUT2D eigenvalue weighted by Gasteiger charge is 2.23. The van der Waals surface area contributed by atoms with Gasteiger partial charge in [-0.3, -0.25) is 0 Å². The molecule has 2 aromatic rings. The van der Waals surface area contributed by atoms with Gasteiger partial charge in [0, 0.05) is 11.3 Å². The molecule has 1 atom stereocenters. The van der Waals surface area contributed by atoms with Gasteiger partial charge in [-0.1, -0.05) is 38.1 Å². The fourth-order valence-corrected chi connectivity index (χ4v) is 2.71. The largest absolute Gasteiger partial charge is 0.494 e. The first-order valence-electron chi connectivity index (χ1n) is 8.83. The second kappa shape index (κ2) is 9.90. The lowest BCUT2D eigenvalue weighted by Crippen LogP contribution is -2.25. The van der Waals surface area contributed by atoms with Crippen molar-refractivity contribution in [3.05, 3.63) is 59.7 Å². The molecule has 0 heterocycles. The Morgan fingerprint density at radius 2 is 1.41 bits per heavy atom. The Morgan fingerprint density at radius 1 is 0.926 bits per heavy atom. The van der Waals surface area contributed by atoms with Gasteiger partial charge in [-0.2, -0.15) is 0 Å². The van der Waals surface area contributed by atoms with Gasteiger partial charge in [-0.15, -0.1) is 11.6 Å². The highest BCUT2D eigenvalue weighted by atomic mass is 35.5. The molecule has 0 aromatic heterocycles. The Kier molecular flexibility index (Phi) is 7.87. The molecule has 0 spiro atoms. The highest BCUT2D eigenvalue weighted by Crippen LogP contribution is 2.33. The molecule has 2 rings (SSSR count). The molecule has 27 heavy (non-hydrogen) atoms. The van der Waals surface area contributed by atoms with Crippen molar-refractivity contribution >= 4 is 11.6 Å². The van der Waals surface area contributed by atoms with E-state index >= 15 is 0 Å². The summed E-state index contributed by atoms with van der Waals surface area (Å²) in [6.45, 7) is 4.36. The third kappa shape index (κ3) is 6.08. The van der Waals surface area contributed by atoms with Crippen LogP contribution in [0.1, 0.15) is 31.4 Å². The maximum absolute atomic E-state index is 12.3. The van der Waals surface area contributed by atoms with E-state index in [4.69, 9.17) is 26.2 Å². The molecule has 0 aliphatic rings. The van der Waals surface area contributed by atoms with Gasteiger partial charge in [0.2, 0.25) is 0 Å². The molecule has 0 radical (unpaired) electrons. The molecule has 1 N–H and O–H groups in total. The van der Waals surface area contributed by atoms with Crippen LogP contribution in [0.2, 0.25) is 0 Å². The molecule has 0 saturated heterocycles. The summed E-state index contributed by atoms with van der Waals surface area (Å²) in [6.07, 6.45) is -3.80. The maximum Gasteiger partial charge on any atom is 0.267 e. The number of aliphatic hydroxyl groups excluding tert-OH is 1. The third-order valence-corrected chi connectivity index (χ3v) is 4.68. The standard InChI is InChI=1S/C21H25ClF2O3/c1-21(2,15-4-8-17(9-5-15)26-13-3-12-22)16-6-10-18(11-7-16)27-14-19(25)20(23)24/h4-11,19-20,25H,3,12-14H2,1-2H3. The lowest BCUT2D eigenvalue weighted by atomic mass is 9.78. The minimum Gasteiger partial charge on any atom is -0.494 e. The molecule has 0 amide bonds. The van der Waals surface area contributed by atoms with E-state index in [1.165, 1.54) is 0 Å². The summed E-state index contributed by atoms with van der Waals surface area (Å²) in [4.78, 5) is 0. The zero-order chi connectivity index (χ0) is 19.9. The SMILES string of the molecule is CC(C)(c1ccc(OCCCCl)cc1)c1ccc(OCC(O)C(F)F)cc1. The minimum atomic E-state index is -2.81. The summed E-state index contributed by atoms with van der Waals surface area (Å²) < 4.78 is 35.5. The summed E-state index contributed by atoms with van der Waals surface area (Å²) in [5.41, 5.74) is 1.92. The fourth-order valence-electron chi connectivity index (χ4n) is 2.60. The van der Waals surface area contributed by atoms with E-state index < -0.39 is 19.1 Å². The number of halogens is 3. The molecule has 0 fully saturated rings. The van der Waals surface area contributed by atoms with Crippen molar-refractivity contribution in [3.63, 3.8) is 0 Å². The van der Waals surface area contributed by atoms with E-state index in [9.17, 15) is 8.78 Å². The van der Waals surface area contributed by atoms with E-state index in [1.54, 1.807) is 12.1 Å². The van der Waals surface area contributed by atoms with Crippen molar-refractivity contribution in [2.45, 2.75) is 38.2 Å². The molecule has 2 aromatic carbocycles. The lowest BCUT2D eigenvalue weighted by molar-refractivity contribution is -0.0283. The predicted octanol–water partition coefficient (Wildman–Crippen LogP) is 5.03. The minimum absolute atomic E-state index is 0.254. The Morgan fingerprint density at radius 3 is 1.85 bits per heavy atom. The van der Waals surface area contributed by atoms with Gasteiger partial charge in [-0.05, 0) is 41.8 Å². The molecule has 3 nitrogen and oxygen atoms in total. The molecule has 148 valence electrons. The van der Waals surface area contributed by atoms with Crippen molar-refractivity contribution in [1.82, 2.24) is 0 Å². The number of hydrogen-bond donors (Lipinski definition) is 1. The van der Waals surface area contributed by atoms with Crippen LogP contribution in [0.5, 0.6) is 11.5 Å². The maximum atomic E-state index is 12.3. The van der Waals surface area contributed by atoms with Gasteiger partial charge in [0.25, 0.3) is 6.43 Å². The van der Waals surface area contributed by atoms with Crippen LogP contribution in [0.3, 0.4) is 0 Å². The topological polar surface area (TPSA) is 38.7 Å². The van der Waals surface area contributed by atoms with Crippen LogP contribution in [-0.4, -0.2) is 36.7 Å². The van der Waals surface area contributed by atoms with Gasteiger partial charge >= 0.3 is 0 Å². The molecule has 0 aliphatic heterocycles. The molecule has 0 aliphatic carbocycles. The van der Waals surface area contributed by atoms with E-state index in [0.717, 1.165) is 23.3 Å². The van der Waals surface area contributed by atoms with Crippen molar-refractivity contribution < 1.29 is 23.4 Å². The Bertz CT molecular complexity index is 688. The second-order valence-corrected chi connectivity index (χ2v) is 7.16. The van der Waals surface area contributed by atoms with Crippen LogP contribution in [-0.2, 0) is 5.41 Å². The zero-order valence-electron chi connectivity index (χ0n) is 15.5. The normalized spacial score (nSPS) is 12.9. The number of aliphatic hydroxyl groups is 1. The first-order valence-corrected chi connectivity index (χ1v) is 9.37. The summed E-state index contributed by atoms with van der Waals surface area (Å²) in [7, 11) is 0. The van der Waals surface area contributed by atoms with Gasteiger partial charge in [0.15, 0.2) is 0 Å². The van der Waals surface area contributed by atoms with Gasteiger partial charge < -0.3 is 14.6 Å². The van der Waals surface area contributed by atoms with Crippen LogP contribution >= 0.6 is 11.6 Å². The van der Waals surface area contributed by atoms with Crippen LogP contribution in [0.15, 0.2) is 48.5 Å². The third-order valence-electron chi connectivity index (χ3n) is 4.41. The van der Waals surface area contributed by atoms with E-state index in [2.05, 4.69) is 13.8 Å². The number of benzene rings is 2. The van der Waals surface area contributed by atoms with Crippen LogP contribution in [0, 0.1) is 0 Å². The van der Waals surface area contributed by atoms with Crippen molar-refractivity contribution in [2.24, 2.45) is 0 Å². The molecule has 0 bridgehead atoms. The van der Waals surface area contributed by atoms with E-state index in [-0.39, 0.29) is 5.41 Å². The van der Waals surface area contributed by atoms with Crippen LogP contribution < -0.4 is 9.47 Å². The zero-order valence-corrected chi connectivity index (χ0v) is 16.3. The molecule has 6 heteroatoms. The first kappa shape index (κ1) is 21.5. The summed E-state index contributed by atoms with van der Waals surface area (Å²) in [6, 6.07) is 15.2. The van der Waals surface area contributed by atoms with Crippen LogP contribution in [0.4, 0.5) is 8.78 Å². The Labute approximate surface area is 163 Å². The van der Waals surface area contributed by atoms with Gasteiger partial charge in [0.05, 0.1) is 6.61 Å². The molecular weight excluding hydrogens is 374 g/mol.